The smallest absolute Gasteiger partial charge is 0.0178 e. The highest BCUT2D eigenvalue weighted by atomic mass is 79.9. The Morgan fingerprint density at radius 2 is 1.89 bits per heavy atom. The zero-order valence-electron chi connectivity index (χ0n) is 11.9. The van der Waals surface area contributed by atoms with Crippen LogP contribution in [0.25, 0.3) is 0 Å². The van der Waals surface area contributed by atoms with E-state index in [4.69, 9.17) is 5.73 Å². The predicted octanol–water partition coefficient (Wildman–Crippen LogP) is 3.44. The normalized spacial score (nSPS) is 12.8. The van der Waals surface area contributed by atoms with Crippen LogP contribution in [-0.4, -0.2) is 18.6 Å². The molecule has 0 saturated heterocycles. The highest BCUT2D eigenvalue weighted by molar-refractivity contribution is 9.10. The van der Waals surface area contributed by atoms with Gasteiger partial charge in [-0.25, -0.2) is 0 Å². The Kier molecular flexibility index (Phi) is 5.38. The van der Waals surface area contributed by atoms with Crippen molar-refractivity contribution in [3.63, 3.8) is 0 Å². The molecule has 0 amide bonds. The van der Waals surface area contributed by atoms with E-state index < -0.39 is 0 Å². The first-order chi connectivity index (χ1) is 8.21. The number of benzene rings is 1. The second kappa shape index (κ2) is 6.18. The van der Waals surface area contributed by atoms with Crippen LogP contribution in [0.1, 0.15) is 39.7 Å². The second-order valence-corrected chi connectivity index (χ2v) is 7.23. The Morgan fingerprint density at radius 1 is 1.22 bits per heavy atom. The summed E-state index contributed by atoms with van der Waals surface area (Å²) >= 11 is 3.53. The van der Waals surface area contributed by atoms with Gasteiger partial charge in [-0.05, 0) is 44.5 Å². The van der Waals surface area contributed by atoms with Crippen LogP contribution in [0.2, 0.25) is 0 Å². The standard InChI is InChI=1S/C15H25BrN2/c1-14(2,11-18-9-8-15(3,4)17)12-6-5-7-13(16)10-12/h5-7,10,18H,8-9,11,17H2,1-4H3. The summed E-state index contributed by atoms with van der Waals surface area (Å²) in [4.78, 5) is 0. The molecule has 0 atom stereocenters. The van der Waals surface area contributed by atoms with E-state index in [1.807, 2.05) is 0 Å². The minimum Gasteiger partial charge on any atom is -0.326 e. The molecule has 102 valence electrons. The van der Waals surface area contributed by atoms with E-state index in [0.717, 1.165) is 24.0 Å². The molecule has 1 rings (SSSR count). The minimum atomic E-state index is -0.0904. The highest BCUT2D eigenvalue weighted by Gasteiger charge is 2.20. The molecular formula is C15H25BrN2. The van der Waals surface area contributed by atoms with Gasteiger partial charge in [-0.1, -0.05) is 41.9 Å². The van der Waals surface area contributed by atoms with Crippen LogP contribution in [-0.2, 0) is 5.41 Å². The van der Waals surface area contributed by atoms with Crippen LogP contribution in [0.5, 0.6) is 0 Å². The molecule has 0 spiro atoms. The summed E-state index contributed by atoms with van der Waals surface area (Å²) in [6, 6.07) is 8.52. The Bertz CT molecular complexity index is 380. The van der Waals surface area contributed by atoms with Crippen LogP contribution in [0.3, 0.4) is 0 Å². The third-order valence-corrected chi connectivity index (χ3v) is 3.61. The summed E-state index contributed by atoms with van der Waals surface area (Å²) in [5.74, 6) is 0. The predicted molar refractivity (Wildman–Crippen MR) is 82.9 cm³/mol. The molecule has 0 saturated carbocycles. The molecule has 0 bridgehead atoms. The average Bonchev–Trinajstić information content (AvgIpc) is 2.23. The second-order valence-electron chi connectivity index (χ2n) is 6.31. The maximum Gasteiger partial charge on any atom is 0.0178 e. The SMILES string of the molecule is CC(C)(N)CCNCC(C)(C)c1cccc(Br)c1. The first-order valence-corrected chi connectivity index (χ1v) is 7.26. The van der Waals surface area contributed by atoms with Crippen LogP contribution < -0.4 is 11.1 Å². The van der Waals surface area contributed by atoms with Crippen molar-refractivity contribution >= 4 is 15.9 Å². The van der Waals surface area contributed by atoms with Gasteiger partial charge < -0.3 is 11.1 Å². The lowest BCUT2D eigenvalue weighted by Crippen LogP contribution is -2.39. The number of nitrogens with one attached hydrogen (secondary N) is 1. The van der Waals surface area contributed by atoms with Gasteiger partial charge in [0.05, 0.1) is 0 Å². The molecule has 0 heterocycles. The Morgan fingerprint density at radius 3 is 2.44 bits per heavy atom. The van der Waals surface area contributed by atoms with Gasteiger partial charge in [0, 0.05) is 22.0 Å². The molecule has 0 fully saturated rings. The van der Waals surface area contributed by atoms with E-state index in [0.29, 0.717) is 0 Å². The molecule has 2 nitrogen and oxygen atoms in total. The minimum absolute atomic E-state index is 0.0904. The van der Waals surface area contributed by atoms with Crippen molar-refractivity contribution in [2.24, 2.45) is 5.73 Å². The van der Waals surface area contributed by atoms with Gasteiger partial charge in [0.2, 0.25) is 0 Å². The molecule has 0 aliphatic rings. The molecule has 3 N–H and O–H groups in total. The number of hydrogen-bond donors (Lipinski definition) is 2. The van der Waals surface area contributed by atoms with Crippen molar-refractivity contribution in [2.75, 3.05) is 13.1 Å². The van der Waals surface area contributed by atoms with Gasteiger partial charge in [0.15, 0.2) is 0 Å². The van der Waals surface area contributed by atoms with Gasteiger partial charge in [0.25, 0.3) is 0 Å². The molecule has 0 aliphatic carbocycles. The largest absolute Gasteiger partial charge is 0.326 e. The van der Waals surface area contributed by atoms with Gasteiger partial charge in [-0.3, -0.25) is 0 Å². The maximum absolute atomic E-state index is 5.97. The summed E-state index contributed by atoms with van der Waals surface area (Å²) in [5.41, 5.74) is 7.35. The fourth-order valence-corrected chi connectivity index (χ4v) is 2.22. The van der Waals surface area contributed by atoms with E-state index in [1.54, 1.807) is 0 Å². The van der Waals surface area contributed by atoms with Crippen LogP contribution in [0.15, 0.2) is 28.7 Å². The van der Waals surface area contributed by atoms with Gasteiger partial charge in [0.1, 0.15) is 0 Å². The lowest BCUT2D eigenvalue weighted by molar-refractivity contribution is 0.418. The van der Waals surface area contributed by atoms with Crippen LogP contribution in [0.4, 0.5) is 0 Å². The zero-order chi connectivity index (χ0) is 13.8. The first-order valence-electron chi connectivity index (χ1n) is 6.46. The van der Waals surface area contributed by atoms with Crippen molar-refractivity contribution in [1.82, 2.24) is 5.32 Å². The summed E-state index contributed by atoms with van der Waals surface area (Å²) in [5, 5.41) is 3.50. The quantitative estimate of drug-likeness (QED) is 0.790. The summed E-state index contributed by atoms with van der Waals surface area (Å²) in [7, 11) is 0. The molecule has 0 radical (unpaired) electrons. The first kappa shape index (κ1) is 15.7. The maximum atomic E-state index is 5.97. The van der Waals surface area contributed by atoms with E-state index in [-0.39, 0.29) is 11.0 Å². The lowest BCUT2D eigenvalue weighted by Gasteiger charge is -2.27. The molecule has 0 unspecified atom stereocenters. The van der Waals surface area contributed by atoms with Crippen molar-refractivity contribution in [3.05, 3.63) is 34.3 Å². The van der Waals surface area contributed by atoms with Crippen molar-refractivity contribution in [3.8, 4) is 0 Å². The lowest BCUT2D eigenvalue weighted by atomic mass is 9.84. The Balaban J connectivity index is 2.50. The fraction of sp³-hybridized carbons (Fsp3) is 0.600. The molecule has 1 aromatic rings. The summed E-state index contributed by atoms with van der Waals surface area (Å²) in [6.45, 7) is 10.6. The number of hydrogen-bond acceptors (Lipinski definition) is 2. The van der Waals surface area contributed by atoms with E-state index in [1.165, 1.54) is 5.56 Å². The van der Waals surface area contributed by atoms with E-state index >= 15 is 0 Å². The van der Waals surface area contributed by atoms with Crippen molar-refractivity contribution in [2.45, 2.75) is 45.1 Å². The molecule has 0 aliphatic heterocycles. The fourth-order valence-electron chi connectivity index (χ4n) is 1.82. The summed E-state index contributed by atoms with van der Waals surface area (Å²) in [6.07, 6.45) is 0.988. The summed E-state index contributed by atoms with van der Waals surface area (Å²) < 4.78 is 1.14. The molecule has 0 aromatic heterocycles. The molecule has 1 aromatic carbocycles. The monoisotopic (exact) mass is 312 g/mol. The Labute approximate surface area is 119 Å². The van der Waals surface area contributed by atoms with Gasteiger partial charge in [-0.2, -0.15) is 0 Å². The van der Waals surface area contributed by atoms with Gasteiger partial charge in [-0.15, -0.1) is 0 Å². The van der Waals surface area contributed by atoms with Gasteiger partial charge >= 0.3 is 0 Å². The number of rotatable bonds is 6. The zero-order valence-corrected chi connectivity index (χ0v) is 13.5. The van der Waals surface area contributed by atoms with Crippen molar-refractivity contribution in [1.29, 1.82) is 0 Å². The number of nitrogens with two attached hydrogens (primary N) is 1. The van der Waals surface area contributed by atoms with E-state index in [9.17, 15) is 0 Å². The third-order valence-electron chi connectivity index (χ3n) is 3.12. The molecule has 18 heavy (non-hydrogen) atoms. The van der Waals surface area contributed by atoms with Crippen LogP contribution >= 0.6 is 15.9 Å². The molecule has 3 heteroatoms. The average molecular weight is 313 g/mol. The van der Waals surface area contributed by atoms with Crippen molar-refractivity contribution < 1.29 is 0 Å². The topological polar surface area (TPSA) is 38.0 Å². The molecular weight excluding hydrogens is 288 g/mol. The van der Waals surface area contributed by atoms with E-state index in [2.05, 4.69) is 73.2 Å². The Hall–Kier alpha value is -0.380. The highest BCUT2D eigenvalue weighted by Crippen LogP contribution is 2.25. The third kappa shape index (κ3) is 5.51. The number of halogens is 1. The van der Waals surface area contributed by atoms with Crippen LogP contribution in [0, 0.1) is 0 Å².